The van der Waals surface area contributed by atoms with Crippen molar-refractivity contribution < 1.29 is 9.53 Å². The number of hydrogen-bond donors (Lipinski definition) is 3. The maximum Gasteiger partial charge on any atom is 0.252 e. The average Bonchev–Trinajstić information content (AvgIpc) is 3.45. The molecule has 1 saturated carbocycles. The summed E-state index contributed by atoms with van der Waals surface area (Å²) in [5, 5.41) is 17.4. The zero-order valence-corrected chi connectivity index (χ0v) is 20.6. The number of aromatic amines is 1. The number of hydrogen-bond acceptors (Lipinski definition) is 9. The summed E-state index contributed by atoms with van der Waals surface area (Å²) in [6, 6.07) is 3.83. The van der Waals surface area contributed by atoms with Crippen LogP contribution in [0.5, 0.6) is 0 Å². The second kappa shape index (κ2) is 9.46. The average molecular weight is 489 g/mol. The van der Waals surface area contributed by atoms with Crippen LogP contribution in [0.15, 0.2) is 36.9 Å². The quantitative estimate of drug-likeness (QED) is 0.340. The standard InChI is InChI=1S/C24H28N10O2/c1-14-9-28-34(13-14)21-12-25-18(10-26-21)11-27-22(35)24(36-4)7-17(8-24)19-5-15(2)29-23(30-19)31-20-6-16(3)32-33-20/h5-6,9-10,12-13,17H,7-8,11H2,1-4H3,(H,27,35)(H2,29,30,31,32,33). The first-order valence-corrected chi connectivity index (χ1v) is 11.6. The Kier molecular flexibility index (Phi) is 6.18. The molecule has 0 atom stereocenters. The number of H-pyrrole nitrogens is 1. The third kappa shape index (κ3) is 4.80. The van der Waals surface area contributed by atoms with Crippen LogP contribution in [0.4, 0.5) is 11.8 Å². The van der Waals surface area contributed by atoms with Gasteiger partial charge in [0.15, 0.2) is 11.6 Å². The van der Waals surface area contributed by atoms with Gasteiger partial charge >= 0.3 is 0 Å². The molecule has 1 aliphatic carbocycles. The predicted octanol–water partition coefficient (Wildman–Crippen LogP) is 2.42. The van der Waals surface area contributed by atoms with Crippen LogP contribution in [0, 0.1) is 20.8 Å². The van der Waals surface area contributed by atoms with E-state index in [0.29, 0.717) is 36.1 Å². The normalized spacial score (nSPS) is 19.1. The van der Waals surface area contributed by atoms with Crippen LogP contribution in [0.2, 0.25) is 0 Å². The topological polar surface area (TPSA) is 148 Å². The van der Waals surface area contributed by atoms with Gasteiger partial charge in [0.05, 0.1) is 30.8 Å². The first-order chi connectivity index (χ1) is 17.3. The molecular formula is C24H28N10O2. The smallest absolute Gasteiger partial charge is 0.252 e. The fourth-order valence-electron chi connectivity index (χ4n) is 4.27. The van der Waals surface area contributed by atoms with Crippen LogP contribution < -0.4 is 10.6 Å². The fraction of sp³-hybridized carbons (Fsp3) is 0.375. The molecule has 1 aliphatic rings. The Morgan fingerprint density at radius 3 is 2.64 bits per heavy atom. The van der Waals surface area contributed by atoms with Gasteiger partial charge in [0.1, 0.15) is 5.60 Å². The summed E-state index contributed by atoms with van der Waals surface area (Å²) in [7, 11) is 1.56. The van der Waals surface area contributed by atoms with Crippen LogP contribution >= 0.6 is 0 Å². The summed E-state index contributed by atoms with van der Waals surface area (Å²) < 4.78 is 7.34. The minimum Gasteiger partial charge on any atom is -0.368 e. The highest BCUT2D eigenvalue weighted by Crippen LogP contribution is 2.46. The number of aromatic nitrogens is 8. The molecule has 36 heavy (non-hydrogen) atoms. The Hall–Kier alpha value is -4.19. The van der Waals surface area contributed by atoms with Crippen molar-refractivity contribution in [2.75, 3.05) is 12.4 Å². The molecule has 186 valence electrons. The van der Waals surface area contributed by atoms with E-state index in [1.807, 2.05) is 39.1 Å². The first kappa shape index (κ1) is 23.5. The van der Waals surface area contributed by atoms with Gasteiger partial charge in [-0.25, -0.2) is 19.6 Å². The predicted molar refractivity (Wildman–Crippen MR) is 131 cm³/mol. The lowest BCUT2D eigenvalue weighted by Gasteiger charge is -2.44. The van der Waals surface area contributed by atoms with E-state index in [0.717, 1.165) is 22.6 Å². The lowest BCUT2D eigenvalue weighted by molar-refractivity contribution is -0.157. The summed E-state index contributed by atoms with van der Waals surface area (Å²) in [6.45, 7) is 6.06. The summed E-state index contributed by atoms with van der Waals surface area (Å²) in [4.78, 5) is 30.9. The molecule has 12 heteroatoms. The van der Waals surface area contributed by atoms with Crippen molar-refractivity contribution in [1.29, 1.82) is 0 Å². The number of aryl methyl sites for hydroxylation is 3. The van der Waals surface area contributed by atoms with E-state index >= 15 is 0 Å². The lowest BCUT2D eigenvalue weighted by Crippen LogP contribution is -2.56. The molecule has 0 bridgehead atoms. The number of carbonyl (C=O) groups is 1. The monoisotopic (exact) mass is 488 g/mol. The molecule has 0 aliphatic heterocycles. The Morgan fingerprint density at radius 1 is 1.17 bits per heavy atom. The molecule has 5 rings (SSSR count). The maximum absolute atomic E-state index is 13.0. The third-order valence-electron chi connectivity index (χ3n) is 6.26. The van der Waals surface area contributed by atoms with Gasteiger partial charge < -0.3 is 15.4 Å². The summed E-state index contributed by atoms with van der Waals surface area (Å²) in [5.41, 5.74) is 3.42. The van der Waals surface area contributed by atoms with Crippen LogP contribution in [0.25, 0.3) is 5.82 Å². The Bertz CT molecular complexity index is 1370. The SMILES string of the molecule is COC1(C(=O)NCc2cnc(-n3cc(C)cn3)cn2)CC(c2cc(C)nc(Nc3cc(C)[nH]n3)n2)C1. The van der Waals surface area contributed by atoms with Gasteiger partial charge in [0, 0.05) is 42.4 Å². The molecule has 0 aromatic carbocycles. The first-order valence-electron chi connectivity index (χ1n) is 11.6. The largest absolute Gasteiger partial charge is 0.368 e. The van der Waals surface area contributed by atoms with E-state index in [9.17, 15) is 4.79 Å². The van der Waals surface area contributed by atoms with E-state index in [1.165, 1.54) is 0 Å². The highest BCUT2D eigenvalue weighted by atomic mass is 16.5. The van der Waals surface area contributed by atoms with Crippen LogP contribution in [-0.2, 0) is 16.1 Å². The van der Waals surface area contributed by atoms with E-state index in [4.69, 9.17) is 4.74 Å². The molecule has 0 radical (unpaired) electrons. The molecule has 4 aromatic rings. The van der Waals surface area contributed by atoms with E-state index in [1.54, 1.807) is 30.4 Å². The molecule has 1 amide bonds. The van der Waals surface area contributed by atoms with E-state index < -0.39 is 5.60 Å². The van der Waals surface area contributed by atoms with Gasteiger partial charge in [-0.15, -0.1) is 0 Å². The molecule has 12 nitrogen and oxygen atoms in total. The van der Waals surface area contributed by atoms with Gasteiger partial charge in [-0.1, -0.05) is 0 Å². The van der Waals surface area contributed by atoms with Crippen LogP contribution in [0.1, 0.15) is 47.1 Å². The highest BCUT2D eigenvalue weighted by Gasteiger charge is 2.51. The molecule has 0 unspecified atom stereocenters. The van der Waals surface area contributed by atoms with Crippen molar-refractivity contribution >= 4 is 17.7 Å². The maximum atomic E-state index is 13.0. The van der Waals surface area contributed by atoms with Crippen molar-refractivity contribution in [1.82, 2.24) is 45.2 Å². The summed E-state index contributed by atoms with van der Waals surface area (Å²) in [5.74, 6) is 1.65. The minimum absolute atomic E-state index is 0.0791. The second-order valence-corrected chi connectivity index (χ2v) is 9.13. The molecule has 3 N–H and O–H groups in total. The molecule has 0 spiro atoms. The Balaban J connectivity index is 1.20. The van der Waals surface area contributed by atoms with Gasteiger partial charge in [-0.05, 0) is 45.2 Å². The van der Waals surface area contributed by atoms with Crippen molar-refractivity contribution in [2.24, 2.45) is 0 Å². The van der Waals surface area contributed by atoms with Gasteiger partial charge in [0.2, 0.25) is 5.95 Å². The Labute approximate surface area is 208 Å². The van der Waals surface area contributed by atoms with Gasteiger partial charge in [-0.3, -0.25) is 14.9 Å². The number of rotatable bonds is 8. The van der Waals surface area contributed by atoms with Crippen LogP contribution in [0.3, 0.4) is 0 Å². The molecule has 1 fully saturated rings. The zero-order valence-electron chi connectivity index (χ0n) is 20.6. The summed E-state index contributed by atoms with van der Waals surface area (Å²) >= 11 is 0. The molecular weight excluding hydrogens is 460 g/mol. The van der Waals surface area contributed by atoms with Crippen molar-refractivity contribution in [2.45, 2.75) is 51.7 Å². The Morgan fingerprint density at radius 2 is 2.00 bits per heavy atom. The van der Waals surface area contributed by atoms with Crippen molar-refractivity contribution in [3.63, 3.8) is 0 Å². The second-order valence-electron chi connectivity index (χ2n) is 9.13. The molecule has 4 aromatic heterocycles. The molecule has 0 saturated heterocycles. The van der Waals surface area contributed by atoms with E-state index in [2.05, 4.69) is 45.9 Å². The number of nitrogens with zero attached hydrogens (tertiary/aromatic N) is 7. The zero-order chi connectivity index (χ0) is 25.3. The van der Waals surface area contributed by atoms with Crippen LogP contribution in [-0.4, -0.2) is 58.5 Å². The van der Waals surface area contributed by atoms with E-state index in [-0.39, 0.29) is 18.4 Å². The summed E-state index contributed by atoms with van der Waals surface area (Å²) in [6.07, 6.45) is 7.94. The van der Waals surface area contributed by atoms with Gasteiger partial charge in [-0.2, -0.15) is 10.2 Å². The van der Waals surface area contributed by atoms with Gasteiger partial charge in [0.25, 0.3) is 5.91 Å². The number of ether oxygens (including phenoxy) is 1. The number of carbonyl (C=O) groups excluding carboxylic acids is 1. The van der Waals surface area contributed by atoms with Crippen molar-refractivity contribution in [3.05, 3.63) is 65.3 Å². The number of amides is 1. The number of methoxy groups -OCH3 is 1. The third-order valence-corrected chi connectivity index (χ3v) is 6.26. The number of anilines is 2. The molecule has 4 heterocycles. The number of nitrogens with one attached hydrogen (secondary N) is 3. The highest BCUT2D eigenvalue weighted by molar-refractivity contribution is 5.86. The minimum atomic E-state index is -0.906. The van der Waals surface area contributed by atoms with Crippen molar-refractivity contribution in [3.8, 4) is 5.82 Å². The fourth-order valence-corrected chi connectivity index (χ4v) is 4.27. The lowest BCUT2D eigenvalue weighted by atomic mass is 9.68.